The highest BCUT2D eigenvalue weighted by Gasteiger charge is 2.27. The largest absolute Gasteiger partial charge is 0.382 e. The number of hydrogen-bond donors (Lipinski definition) is 2. The van der Waals surface area contributed by atoms with Crippen LogP contribution in [0.1, 0.15) is 30.0 Å². The third-order valence-corrected chi connectivity index (χ3v) is 4.03. The van der Waals surface area contributed by atoms with Gasteiger partial charge in [-0.15, -0.1) is 0 Å². The fraction of sp³-hybridized carbons (Fsp3) is 0.429. The van der Waals surface area contributed by atoms with Gasteiger partial charge in [0, 0.05) is 43.0 Å². The molecule has 3 heterocycles. The van der Waals surface area contributed by atoms with Crippen molar-refractivity contribution in [3.8, 4) is 0 Å². The van der Waals surface area contributed by atoms with Crippen LogP contribution in [0.4, 0.5) is 17.3 Å². The van der Waals surface area contributed by atoms with Crippen LogP contribution in [0.5, 0.6) is 0 Å². The molecule has 0 atom stereocenters. The number of aromatic nitrogens is 3. The number of aryl methyl sites for hydroxylation is 1. The number of nitrogen functional groups attached to an aromatic ring is 1. The van der Waals surface area contributed by atoms with Crippen LogP contribution in [0, 0.1) is 17.0 Å². The minimum absolute atomic E-state index is 0.0734. The topological polar surface area (TPSA) is 114 Å². The first-order valence-corrected chi connectivity index (χ1v) is 7.21. The second-order valence-electron chi connectivity index (χ2n) is 5.62. The number of nitrogens with one attached hydrogen (secondary N) is 1. The van der Waals surface area contributed by atoms with Gasteiger partial charge in [-0.3, -0.25) is 15.2 Å². The number of pyridine rings is 1. The van der Waals surface area contributed by atoms with Crippen molar-refractivity contribution in [2.24, 2.45) is 0 Å². The van der Waals surface area contributed by atoms with E-state index in [0.29, 0.717) is 17.6 Å². The summed E-state index contributed by atoms with van der Waals surface area (Å²) in [5.41, 5.74) is 7.53. The van der Waals surface area contributed by atoms with Gasteiger partial charge in [0.2, 0.25) is 5.82 Å². The fourth-order valence-corrected chi connectivity index (χ4v) is 2.89. The maximum absolute atomic E-state index is 11.2. The van der Waals surface area contributed by atoms with Crippen LogP contribution < -0.4 is 10.6 Å². The van der Waals surface area contributed by atoms with E-state index in [0.717, 1.165) is 37.2 Å². The molecule has 22 heavy (non-hydrogen) atoms. The van der Waals surface area contributed by atoms with Crippen molar-refractivity contribution in [1.82, 2.24) is 15.2 Å². The Morgan fingerprint density at radius 2 is 2.14 bits per heavy atom. The first-order chi connectivity index (χ1) is 10.5. The van der Waals surface area contributed by atoms with Crippen LogP contribution in [0.25, 0.3) is 0 Å². The van der Waals surface area contributed by atoms with Crippen molar-refractivity contribution in [2.75, 3.05) is 23.7 Å². The third-order valence-electron chi connectivity index (χ3n) is 4.03. The molecule has 1 fully saturated rings. The van der Waals surface area contributed by atoms with Gasteiger partial charge in [0.05, 0.1) is 4.92 Å². The molecule has 3 N–H and O–H groups in total. The normalized spacial score (nSPS) is 16.0. The lowest BCUT2D eigenvalue weighted by molar-refractivity contribution is -0.384. The number of H-pyrrole nitrogens is 1. The summed E-state index contributed by atoms with van der Waals surface area (Å²) in [5, 5.41) is 18.1. The zero-order valence-electron chi connectivity index (χ0n) is 12.3. The maximum atomic E-state index is 11.2. The van der Waals surface area contributed by atoms with E-state index < -0.39 is 0 Å². The quantitative estimate of drug-likeness (QED) is 0.662. The lowest BCUT2D eigenvalue weighted by Crippen LogP contribution is -2.34. The molecule has 2 aromatic heterocycles. The SMILES string of the molecule is Cc1cnc(N2CCC(c3cc(N)n[nH]3)CC2)c([N+](=O)[O-])c1. The molecule has 1 aliphatic rings. The number of anilines is 2. The van der Waals surface area contributed by atoms with E-state index >= 15 is 0 Å². The summed E-state index contributed by atoms with van der Waals surface area (Å²) >= 11 is 0. The molecule has 8 nitrogen and oxygen atoms in total. The Bertz CT molecular complexity index is 690. The highest BCUT2D eigenvalue weighted by atomic mass is 16.6. The summed E-state index contributed by atoms with van der Waals surface area (Å²) in [6, 6.07) is 3.43. The average Bonchev–Trinajstić information content (AvgIpc) is 2.94. The first kappa shape index (κ1) is 14.3. The molecule has 3 rings (SSSR count). The monoisotopic (exact) mass is 302 g/mol. The maximum Gasteiger partial charge on any atom is 0.311 e. The number of hydrogen-bond acceptors (Lipinski definition) is 6. The van der Waals surface area contributed by atoms with Gasteiger partial charge in [-0.25, -0.2) is 4.98 Å². The Morgan fingerprint density at radius 1 is 1.41 bits per heavy atom. The van der Waals surface area contributed by atoms with Gasteiger partial charge in [0.1, 0.15) is 5.82 Å². The van der Waals surface area contributed by atoms with Crippen molar-refractivity contribution >= 4 is 17.3 Å². The second-order valence-corrected chi connectivity index (χ2v) is 5.62. The van der Waals surface area contributed by atoms with Crippen LogP contribution in [-0.4, -0.2) is 33.2 Å². The first-order valence-electron chi connectivity index (χ1n) is 7.21. The summed E-state index contributed by atoms with van der Waals surface area (Å²) in [6.07, 6.45) is 3.44. The van der Waals surface area contributed by atoms with Gasteiger partial charge >= 0.3 is 5.69 Å². The lowest BCUT2D eigenvalue weighted by atomic mass is 9.93. The Balaban J connectivity index is 1.75. The summed E-state index contributed by atoms with van der Waals surface area (Å²) in [7, 11) is 0. The number of piperidine rings is 1. The van der Waals surface area contributed by atoms with Crippen molar-refractivity contribution in [3.63, 3.8) is 0 Å². The van der Waals surface area contributed by atoms with Crippen LogP contribution in [0.15, 0.2) is 18.3 Å². The Hall–Kier alpha value is -2.64. The number of aromatic amines is 1. The van der Waals surface area contributed by atoms with Gasteiger partial charge < -0.3 is 10.6 Å². The van der Waals surface area contributed by atoms with Gasteiger partial charge in [0.25, 0.3) is 0 Å². The molecule has 8 heteroatoms. The molecule has 0 aromatic carbocycles. The molecular formula is C14H18N6O2. The molecular weight excluding hydrogens is 284 g/mol. The Labute approximate surface area is 127 Å². The molecule has 0 spiro atoms. The minimum atomic E-state index is -0.364. The fourth-order valence-electron chi connectivity index (χ4n) is 2.89. The zero-order chi connectivity index (χ0) is 15.7. The lowest BCUT2D eigenvalue weighted by Gasteiger charge is -2.31. The van der Waals surface area contributed by atoms with E-state index in [-0.39, 0.29) is 10.6 Å². The van der Waals surface area contributed by atoms with Gasteiger partial charge in [-0.1, -0.05) is 0 Å². The summed E-state index contributed by atoms with van der Waals surface area (Å²) in [5.74, 6) is 1.30. The summed E-state index contributed by atoms with van der Waals surface area (Å²) in [4.78, 5) is 17.1. The Kier molecular flexibility index (Phi) is 3.66. The number of nitro groups is 1. The average molecular weight is 302 g/mol. The summed E-state index contributed by atoms with van der Waals surface area (Å²) < 4.78 is 0. The molecule has 2 aromatic rings. The Morgan fingerprint density at radius 3 is 2.73 bits per heavy atom. The predicted molar refractivity (Wildman–Crippen MR) is 82.8 cm³/mol. The number of nitrogens with zero attached hydrogens (tertiary/aromatic N) is 4. The number of rotatable bonds is 3. The smallest absolute Gasteiger partial charge is 0.311 e. The van der Waals surface area contributed by atoms with E-state index in [4.69, 9.17) is 5.73 Å². The molecule has 1 saturated heterocycles. The highest BCUT2D eigenvalue weighted by molar-refractivity contribution is 5.58. The van der Waals surface area contributed by atoms with Crippen LogP contribution >= 0.6 is 0 Å². The third kappa shape index (κ3) is 2.72. The highest BCUT2D eigenvalue weighted by Crippen LogP contribution is 2.33. The van der Waals surface area contributed by atoms with Crippen LogP contribution in [-0.2, 0) is 0 Å². The molecule has 0 bridgehead atoms. The van der Waals surface area contributed by atoms with E-state index in [1.165, 1.54) is 0 Å². The van der Waals surface area contributed by atoms with Crippen LogP contribution in [0.2, 0.25) is 0 Å². The van der Waals surface area contributed by atoms with Gasteiger partial charge in [-0.05, 0) is 25.3 Å². The van der Waals surface area contributed by atoms with Gasteiger partial charge in [-0.2, -0.15) is 5.10 Å². The van der Waals surface area contributed by atoms with Crippen molar-refractivity contribution < 1.29 is 4.92 Å². The standard InChI is InChI=1S/C14H18N6O2/c1-9-6-12(20(21)22)14(16-8-9)19-4-2-10(3-5-19)11-7-13(15)18-17-11/h6-8,10H,2-5H2,1H3,(H3,15,17,18). The molecule has 0 aliphatic carbocycles. The predicted octanol–water partition coefficient (Wildman–Crippen LogP) is 1.99. The molecule has 0 saturated carbocycles. The van der Waals surface area contributed by atoms with Crippen molar-refractivity contribution in [2.45, 2.75) is 25.7 Å². The van der Waals surface area contributed by atoms with E-state index in [1.54, 1.807) is 19.2 Å². The zero-order valence-corrected chi connectivity index (χ0v) is 12.3. The summed E-state index contributed by atoms with van der Waals surface area (Å²) in [6.45, 7) is 3.25. The molecule has 0 unspecified atom stereocenters. The molecule has 116 valence electrons. The second kappa shape index (κ2) is 5.63. The van der Waals surface area contributed by atoms with Crippen molar-refractivity contribution in [1.29, 1.82) is 0 Å². The molecule has 1 aliphatic heterocycles. The number of nitrogens with two attached hydrogens (primary N) is 1. The molecule has 0 radical (unpaired) electrons. The van der Waals surface area contributed by atoms with E-state index in [2.05, 4.69) is 15.2 Å². The van der Waals surface area contributed by atoms with Gasteiger partial charge in [0.15, 0.2) is 0 Å². The van der Waals surface area contributed by atoms with Crippen LogP contribution in [0.3, 0.4) is 0 Å². The van der Waals surface area contributed by atoms with E-state index in [1.807, 2.05) is 11.0 Å². The van der Waals surface area contributed by atoms with E-state index in [9.17, 15) is 10.1 Å². The van der Waals surface area contributed by atoms with Crippen molar-refractivity contribution in [3.05, 3.63) is 39.7 Å². The minimum Gasteiger partial charge on any atom is -0.382 e. The molecule has 0 amide bonds.